The number of rotatable bonds is 10. The molecule has 0 amide bonds. The molecule has 1 unspecified atom stereocenters. The number of likely N-dealkylation sites (N-methyl/N-ethyl adjacent to an activating group) is 2. The molecule has 220 valence electrons. The highest BCUT2D eigenvalue weighted by molar-refractivity contribution is 7.92. The summed E-state index contributed by atoms with van der Waals surface area (Å²) in [5.41, 5.74) is 1.24. The molecule has 0 spiro atoms. The third-order valence-corrected chi connectivity index (χ3v) is 9.86. The number of methoxy groups -OCH3 is 2. The first kappa shape index (κ1) is 29.0. The highest BCUT2D eigenvalue weighted by atomic mass is 32.2. The predicted octanol–water partition coefficient (Wildman–Crippen LogP) is 3.24. The molecule has 1 aromatic heterocycles. The summed E-state index contributed by atoms with van der Waals surface area (Å²) in [4.78, 5) is 14.5. The molecule has 3 heterocycles. The van der Waals surface area contributed by atoms with E-state index in [1.807, 2.05) is 0 Å². The lowest BCUT2D eigenvalue weighted by Gasteiger charge is -2.48. The fourth-order valence-electron chi connectivity index (χ4n) is 5.62. The lowest BCUT2D eigenvalue weighted by atomic mass is 9.99. The zero-order chi connectivity index (χ0) is 29.1. The van der Waals surface area contributed by atoms with Crippen LogP contribution in [-0.4, -0.2) is 94.8 Å². The third kappa shape index (κ3) is 6.09. The highest BCUT2D eigenvalue weighted by Crippen LogP contribution is 2.33. The van der Waals surface area contributed by atoms with Gasteiger partial charge in [-0.3, -0.25) is 4.90 Å². The molecule has 0 bridgehead atoms. The van der Waals surface area contributed by atoms with E-state index in [9.17, 15) is 8.42 Å². The first-order valence-electron chi connectivity index (χ1n) is 13.7. The third-order valence-electron chi connectivity index (χ3n) is 8.07. The van der Waals surface area contributed by atoms with Crippen LogP contribution in [0.3, 0.4) is 0 Å². The number of hydrogen-bond donors (Lipinski definition) is 0. The summed E-state index contributed by atoms with van der Waals surface area (Å²) in [6.07, 6.45) is 4.78. The second-order valence-electron chi connectivity index (χ2n) is 10.7. The van der Waals surface area contributed by atoms with E-state index in [4.69, 9.17) is 9.47 Å². The Balaban J connectivity index is 1.41. The number of benzene rings is 2. The fraction of sp³-hybridized carbons (Fsp3) is 0.448. The van der Waals surface area contributed by atoms with Gasteiger partial charge in [0.1, 0.15) is 34.4 Å². The first-order valence-corrected chi connectivity index (χ1v) is 15.1. The highest BCUT2D eigenvalue weighted by Gasteiger charge is 2.34. The topological polar surface area (TPSA) is 91.3 Å². The van der Waals surface area contributed by atoms with Crippen molar-refractivity contribution < 1.29 is 22.3 Å². The Hall–Kier alpha value is -3.48. The van der Waals surface area contributed by atoms with Crippen molar-refractivity contribution in [3.8, 4) is 11.5 Å². The molecule has 0 aliphatic carbocycles. The van der Waals surface area contributed by atoms with Crippen molar-refractivity contribution in [2.24, 2.45) is 0 Å². The minimum absolute atomic E-state index is 0.116. The number of ether oxygens (including phenoxy) is 2. The summed E-state index contributed by atoms with van der Waals surface area (Å²) in [5, 5.41) is 0. The van der Waals surface area contributed by atoms with Crippen LogP contribution in [0, 0.1) is 5.82 Å². The van der Waals surface area contributed by atoms with E-state index in [0.717, 1.165) is 43.3 Å². The van der Waals surface area contributed by atoms with Gasteiger partial charge in [0.2, 0.25) is 0 Å². The molecule has 41 heavy (non-hydrogen) atoms. The molecule has 0 N–H and O–H groups in total. The summed E-state index contributed by atoms with van der Waals surface area (Å²) in [7, 11) is 2.96. The molecule has 3 aromatic rings. The minimum atomic E-state index is -4.36. The van der Waals surface area contributed by atoms with Gasteiger partial charge in [0, 0.05) is 67.8 Å². The zero-order valence-corrected chi connectivity index (χ0v) is 24.7. The number of sulfonamides is 1. The quantitative estimate of drug-likeness (QED) is 0.356. The number of aromatic nitrogens is 2. The Bertz CT molecular complexity index is 1450. The molecule has 2 saturated heterocycles. The van der Waals surface area contributed by atoms with E-state index in [2.05, 4.69) is 38.8 Å². The Morgan fingerprint density at radius 1 is 1.05 bits per heavy atom. The van der Waals surface area contributed by atoms with E-state index in [1.165, 1.54) is 44.9 Å². The monoisotopic (exact) mass is 584 g/mol. The Labute approximate surface area is 241 Å². The number of nitrogens with zero attached hydrogens (tertiary/aromatic N) is 6. The van der Waals surface area contributed by atoms with E-state index in [-0.39, 0.29) is 12.4 Å². The maximum Gasteiger partial charge on any atom is 0.268 e. The van der Waals surface area contributed by atoms with E-state index >= 15 is 4.39 Å². The van der Waals surface area contributed by atoms with E-state index < -0.39 is 20.7 Å². The van der Waals surface area contributed by atoms with Crippen molar-refractivity contribution in [3.05, 3.63) is 66.4 Å². The Kier molecular flexibility index (Phi) is 8.62. The number of likely N-dealkylation sites (tertiary alicyclic amines) is 1. The van der Waals surface area contributed by atoms with Crippen molar-refractivity contribution in [2.45, 2.75) is 36.4 Å². The van der Waals surface area contributed by atoms with Crippen LogP contribution in [0.5, 0.6) is 11.5 Å². The van der Waals surface area contributed by atoms with Gasteiger partial charge in [0.15, 0.2) is 0 Å². The summed E-state index contributed by atoms with van der Waals surface area (Å²) < 4.78 is 55.5. The molecule has 2 aliphatic heterocycles. The molecule has 2 aromatic carbocycles. The molecule has 12 heteroatoms. The molecule has 0 saturated carbocycles. The van der Waals surface area contributed by atoms with Crippen LogP contribution in [0.4, 0.5) is 15.9 Å². The molecular formula is C29H37FN6O4S. The number of halogens is 1. The zero-order valence-electron chi connectivity index (χ0n) is 23.9. The van der Waals surface area contributed by atoms with Gasteiger partial charge < -0.3 is 19.3 Å². The van der Waals surface area contributed by atoms with Crippen LogP contribution in [0.25, 0.3) is 0 Å². The standard InChI is InChI=1S/C29H37FN6O4S/c1-33-17-24(18-33)34(2)23-6-5-13-35(19-23)22-8-10-28(26(30)14-22)41(37,38)36(29-11-12-31-20-32-29)16-21-7-9-25(39-3)15-27(21)40-4/h7-12,14-15,20,23-24H,5-6,13,16-19H2,1-4H3. The lowest BCUT2D eigenvalue weighted by Crippen LogP contribution is -2.61. The second-order valence-corrected chi connectivity index (χ2v) is 12.5. The largest absolute Gasteiger partial charge is 0.497 e. The van der Waals surface area contributed by atoms with Crippen LogP contribution in [-0.2, 0) is 16.6 Å². The smallest absolute Gasteiger partial charge is 0.268 e. The van der Waals surface area contributed by atoms with Crippen molar-refractivity contribution in [3.63, 3.8) is 0 Å². The number of piperidine rings is 1. The molecular weight excluding hydrogens is 547 g/mol. The van der Waals surface area contributed by atoms with Crippen LogP contribution in [0.15, 0.2) is 59.9 Å². The van der Waals surface area contributed by atoms with Gasteiger partial charge in [-0.15, -0.1) is 0 Å². The van der Waals surface area contributed by atoms with Gasteiger partial charge in [-0.05, 0) is 57.3 Å². The maximum atomic E-state index is 15.7. The molecule has 1 atom stereocenters. The molecule has 10 nitrogen and oxygen atoms in total. The minimum Gasteiger partial charge on any atom is -0.497 e. The lowest BCUT2D eigenvalue weighted by molar-refractivity contribution is 0.0379. The van der Waals surface area contributed by atoms with Crippen molar-refractivity contribution in [1.82, 2.24) is 19.8 Å². The van der Waals surface area contributed by atoms with Crippen LogP contribution in [0.2, 0.25) is 0 Å². The Morgan fingerprint density at radius 3 is 2.51 bits per heavy atom. The molecule has 2 fully saturated rings. The predicted molar refractivity (Wildman–Crippen MR) is 156 cm³/mol. The van der Waals surface area contributed by atoms with Gasteiger partial charge in [-0.25, -0.2) is 27.1 Å². The average molecular weight is 585 g/mol. The van der Waals surface area contributed by atoms with Gasteiger partial charge in [-0.1, -0.05) is 0 Å². The van der Waals surface area contributed by atoms with Gasteiger partial charge in [0.25, 0.3) is 10.0 Å². The van der Waals surface area contributed by atoms with Crippen LogP contribution in [0.1, 0.15) is 18.4 Å². The maximum absolute atomic E-state index is 15.7. The SMILES string of the molecule is COc1ccc(CN(c2ccncn2)S(=O)(=O)c2ccc(N3CCCC(N(C)C4CN(C)C4)C3)cc2F)c(OC)c1. The van der Waals surface area contributed by atoms with Gasteiger partial charge >= 0.3 is 0 Å². The normalized spacial score (nSPS) is 18.3. The van der Waals surface area contributed by atoms with Crippen molar-refractivity contribution in [1.29, 1.82) is 0 Å². The number of hydrogen-bond acceptors (Lipinski definition) is 9. The first-order chi connectivity index (χ1) is 19.7. The summed E-state index contributed by atoms with van der Waals surface area (Å²) in [5.74, 6) is 0.312. The van der Waals surface area contributed by atoms with E-state index in [0.29, 0.717) is 34.8 Å². The summed E-state index contributed by atoms with van der Waals surface area (Å²) >= 11 is 0. The van der Waals surface area contributed by atoms with Crippen LogP contribution < -0.4 is 18.7 Å². The van der Waals surface area contributed by atoms with Gasteiger partial charge in [-0.2, -0.15) is 0 Å². The molecule has 0 radical (unpaired) electrons. The van der Waals surface area contributed by atoms with E-state index in [1.54, 1.807) is 24.3 Å². The summed E-state index contributed by atoms with van der Waals surface area (Å²) in [6.45, 7) is 3.54. The molecule has 5 rings (SSSR count). The van der Waals surface area contributed by atoms with Gasteiger partial charge in [0.05, 0.1) is 20.8 Å². The average Bonchev–Trinajstić information content (AvgIpc) is 2.98. The van der Waals surface area contributed by atoms with Crippen LogP contribution >= 0.6 is 0 Å². The summed E-state index contributed by atoms with van der Waals surface area (Å²) in [6, 6.07) is 11.9. The van der Waals surface area contributed by atoms with Crippen molar-refractivity contribution >= 4 is 21.5 Å². The second kappa shape index (κ2) is 12.2. The molecule has 2 aliphatic rings. The Morgan fingerprint density at radius 2 is 1.85 bits per heavy atom. The van der Waals surface area contributed by atoms with Crippen molar-refractivity contribution in [2.75, 3.05) is 63.7 Å². The number of anilines is 2. The fourth-order valence-corrected chi connectivity index (χ4v) is 7.06.